The zero-order valence-corrected chi connectivity index (χ0v) is 18.1. The topological polar surface area (TPSA) is 70.7 Å². The lowest BCUT2D eigenvalue weighted by Gasteiger charge is -2.18. The number of benzene rings is 3. The lowest BCUT2D eigenvalue weighted by molar-refractivity contribution is -0.110. The highest BCUT2D eigenvalue weighted by Gasteiger charge is 2.28. The zero-order valence-electron chi connectivity index (χ0n) is 18.1. The van der Waals surface area contributed by atoms with E-state index >= 15 is 0 Å². The van der Waals surface area contributed by atoms with Crippen molar-refractivity contribution in [1.82, 2.24) is 4.90 Å². The first-order valence-corrected chi connectivity index (χ1v) is 10.4. The van der Waals surface area contributed by atoms with Gasteiger partial charge >= 0.3 is 0 Å². The Labute approximate surface area is 187 Å². The summed E-state index contributed by atoms with van der Waals surface area (Å²) in [4.78, 5) is 27.1. The molecule has 0 fully saturated rings. The molecule has 3 aromatic rings. The Balaban J connectivity index is 1.67. The van der Waals surface area contributed by atoms with Crippen molar-refractivity contribution in [3.8, 4) is 0 Å². The highest BCUT2D eigenvalue weighted by atomic mass is 16.5. The van der Waals surface area contributed by atoms with Gasteiger partial charge in [0.15, 0.2) is 0 Å². The molecule has 32 heavy (non-hydrogen) atoms. The predicted molar refractivity (Wildman–Crippen MR) is 127 cm³/mol. The second-order valence-electron chi connectivity index (χ2n) is 7.54. The van der Waals surface area contributed by atoms with Gasteiger partial charge in [0.25, 0.3) is 11.8 Å². The van der Waals surface area contributed by atoms with Crippen LogP contribution in [0.25, 0.3) is 11.3 Å². The molecule has 0 spiro atoms. The van der Waals surface area contributed by atoms with Gasteiger partial charge in [-0.15, -0.1) is 0 Å². The maximum atomic E-state index is 12.9. The van der Waals surface area contributed by atoms with Gasteiger partial charge in [-0.3, -0.25) is 9.59 Å². The molecule has 1 heterocycles. The van der Waals surface area contributed by atoms with Crippen LogP contribution in [0.4, 0.5) is 11.4 Å². The van der Waals surface area contributed by atoms with E-state index in [9.17, 15) is 9.59 Å². The van der Waals surface area contributed by atoms with Crippen molar-refractivity contribution in [3.05, 3.63) is 95.6 Å². The Kier molecular flexibility index (Phi) is 6.33. The van der Waals surface area contributed by atoms with Crippen molar-refractivity contribution in [1.29, 1.82) is 0 Å². The molecule has 0 atom stereocenters. The largest absolute Gasteiger partial charge is 0.383 e. The van der Waals surface area contributed by atoms with E-state index in [4.69, 9.17) is 4.74 Å². The van der Waals surface area contributed by atoms with Crippen LogP contribution < -0.4 is 10.6 Å². The Morgan fingerprint density at radius 3 is 2.34 bits per heavy atom. The fourth-order valence-corrected chi connectivity index (χ4v) is 3.64. The number of carbonyl (C=O) groups excluding carboxylic acids is 2. The Morgan fingerprint density at radius 1 is 0.938 bits per heavy atom. The average molecular weight is 428 g/mol. The van der Waals surface area contributed by atoms with E-state index in [1.807, 2.05) is 66.7 Å². The van der Waals surface area contributed by atoms with Crippen LogP contribution in [0.2, 0.25) is 0 Å². The maximum absolute atomic E-state index is 12.9. The molecule has 0 aromatic heterocycles. The molecular weight excluding hydrogens is 402 g/mol. The van der Waals surface area contributed by atoms with Crippen molar-refractivity contribution in [2.24, 2.45) is 0 Å². The lowest BCUT2D eigenvalue weighted by Crippen LogP contribution is -2.29. The number of amides is 2. The van der Waals surface area contributed by atoms with Gasteiger partial charge in [-0.05, 0) is 35.9 Å². The molecule has 6 nitrogen and oxygen atoms in total. The summed E-state index contributed by atoms with van der Waals surface area (Å²) < 4.78 is 5.04. The van der Waals surface area contributed by atoms with Gasteiger partial charge in [0.05, 0.1) is 17.9 Å². The van der Waals surface area contributed by atoms with E-state index < -0.39 is 0 Å². The SMILES string of the molecule is COCCN(C)C(=O)c1ccc(NC(=C2C(=O)Nc3ccccc32)c2ccccc2)cc1. The van der Waals surface area contributed by atoms with Crippen LogP contribution in [0.15, 0.2) is 78.9 Å². The number of fused-ring (bicyclic) bond motifs is 1. The molecule has 0 bridgehead atoms. The van der Waals surface area contributed by atoms with Crippen LogP contribution in [0, 0.1) is 0 Å². The number of hydrogen-bond acceptors (Lipinski definition) is 4. The molecule has 1 aliphatic rings. The van der Waals surface area contributed by atoms with Crippen molar-refractivity contribution in [2.75, 3.05) is 37.9 Å². The summed E-state index contributed by atoms with van der Waals surface area (Å²) in [6.45, 7) is 1.01. The van der Waals surface area contributed by atoms with Crippen molar-refractivity contribution < 1.29 is 14.3 Å². The molecule has 0 aliphatic carbocycles. The van der Waals surface area contributed by atoms with Gasteiger partial charge in [-0.1, -0.05) is 48.5 Å². The van der Waals surface area contributed by atoms with E-state index in [-0.39, 0.29) is 11.8 Å². The van der Waals surface area contributed by atoms with Gasteiger partial charge in [0.1, 0.15) is 0 Å². The summed E-state index contributed by atoms with van der Waals surface area (Å²) in [6.07, 6.45) is 0. The number of likely N-dealkylation sites (N-methyl/N-ethyl adjacent to an activating group) is 1. The summed E-state index contributed by atoms with van der Waals surface area (Å²) in [5.74, 6) is -0.219. The molecule has 0 unspecified atom stereocenters. The average Bonchev–Trinajstić information content (AvgIpc) is 3.17. The third kappa shape index (κ3) is 4.40. The smallest absolute Gasteiger partial charge is 0.258 e. The first-order valence-electron chi connectivity index (χ1n) is 10.4. The van der Waals surface area contributed by atoms with Crippen molar-refractivity contribution in [3.63, 3.8) is 0 Å². The van der Waals surface area contributed by atoms with E-state index in [1.165, 1.54) is 0 Å². The lowest BCUT2D eigenvalue weighted by atomic mass is 10.00. The fourth-order valence-electron chi connectivity index (χ4n) is 3.64. The van der Waals surface area contributed by atoms with E-state index in [0.29, 0.717) is 30.0 Å². The first kappa shape index (κ1) is 21.3. The minimum atomic E-state index is -0.149. The second kappa shape index (κ2) is 9.49. The van der Waals surface area contributed by atoms with Crippen LogP contribution in [-0.4, -0.2) is 44.0 Å². The van der Waals surface area contributed by atoms with Crippen molar-refractivity contribution in [2.45, 2.75) is 0 Å². The standard InChI is InChI=1S/C26H25N3O3/c1-29(16-17-32-2)26(31)19-12-14-20(15-13-19)27-24(18-8-4-3-5-9-18)23-21-10-6-7-11-22(21)28-25(23)30/h3-15,27H,16-17H2,1-2H3,(H,28,30). The fraction of sp³-hybridized carbons (Fsp3) is 0.154. The van der Waals surface area contributed by atoms with Crippen LogP contribution in [0.1, 0.15) is 21.5 Å². The zero-order chi connectivity index (χ0) is 22.5. The summed E-state index contributed by atoms with van der Waals surface area (Å²) in [5.41, 5.74) is 5.22. The molecule has 4 rings (SSSR count). The summed E-state index contributed by atoms with van der Waals surface area (Å²) in [5, 5.41) is 6.35. The monoisotopic (exact) mass is 427 g/mol. The van der Waals surface area contributed by atoms with Crippen LogP contribution >= 0.6 is 0 Å². The van der Waals surface area contributed by atoms with E-state index in [1.54, 1.807) is 31.2 Å². The minimum Gasteiger partial charge on any atom is -0.383 e. The number of ether oxygens (including phenoxy) is 1. The Hall–Kier alpha value is -3.90. The number of nitrogens with zero attached hydrogens (tertiary/aromatic N) is 1. The number of carbonyl (C=O) groups is 2. The molecule has 0 saturated heterocycles. The highest BCUT2D eigenvalue weighted by molar-refractivity contribution is 6.37. The summed E-state index contributed by atoms with van der Waals surface area (Å²) in [7, 11) is 3.36. The molecule has 162 valence electrons. The number of rotatable bonds is 7. The van der Waals surface area contributed by atoms with Gasteiger partial charge in [0.2, 0.25) is 0 Å². The number of nitrogens with one attached hydrogen (secondary N) is 2. The molecule has 3 aromatic carbocycles. The maximum Gasteiger partial charge on any atom is 0.258 e. The quantitative estimate of drug-likeness (QED) is 0.551. The molecule has 0 radical (unpaired) electrons. The minimum absolute atomic E-state index is 0.0701. The molecule has 2 N–H and O–H groups in total. The third-order valence-electron chi connectivity index (χ3n) is 5.36. The second-order valence-corrected chi connectivity index (χ2v) is 7.54. The summed E-state index contributed by atoms with van der Waals surface area (Å²) in [6, 6.07) is 24.6. The van der Waals surface area contributed by atoms with Crippen LogP contribution in [-0.2, 0) is 9.53 Å². The van der Waals surface area contributed by atoms with Crippen LogP contribution in [0.3, 0.4) is 0 Å². The summed E-state index contributed by atoms with van der Waals surface area (Å²) >= 11 is 0. The third-order valence-corrected chi connectivity index (χ3v) is 5.36. The number of anilines is 2. The first-order chi connectivity index (χ1) is 15.6. The number of para-hydroxylation sites is 1. The van der Waals surface area contributed by atoms with Gasteiger partial charge in [-0.25, -0.2) is 0 Å². The van der Waals surface area contributed by atoms with E-state index in [0.717, 1.165) is 22.5 Å². The van der Waals surface area contributed by atoms with Gasteiger partial charge in [0, 0.05) is 43.2 Å². The van der Waals surface area contributed by atoms with Crippen LogP contribution in [0.5, 0.6) is 0 Å². The molecule has 2 amide bonds. The number of hydrogen-bond donors (Lipinski definition) is 2. The molecular formula is C26H25N3O3. The molecule has 6 heteroatoms. The number of methoxy groups -OCH3 is 1. The molecule has 1 aliphatic heterocycles. The van der Waals surface area contributed by atoms with E-state index in [2.05, 4.69) is 10.6 Å². The van der Waals surface area contributed by atoms with Crippen molar-refractivity contribution >= 4 is 34.5 Å². The Bertz CT molecular complexity index is 1150. The highest BCUT2D eigenvalue weighted by Crippen LogP contribution is 2.37. The van der Waals surface area contributed by atoms with Gasteiger partial charge in [-0.2, -0.15) is 0 Å². The normalized spacial score (nSPS) is 13.9. The predicted octanol–water partition coefficient (Wildman–Crippen LogP) is 4.34. The van der Waals surface area contributed by atoms with Gasteiger partial charge < -0.3 is 20.3 Å². The Morgan fingerprint density at radius 2 is 1.62 bits per heavy atom. The molecule has 0 saturated carbocycles.